The standard InChI is InChI=1S/C29H32O17/c1-10(31)41-9-20-23(37)24(38)26(40)28(45-20)46-27-25(39)22(36)19(8-30)44-29(27)42-12-5-15(34)21-16(35)7-17(43-18(21)6-12)11-2-3-13(32)14(33)4-11/h2-7,19-20,22-30,32-34,36-40H,8-9H2,1H3/t19?,20?,22-,23+,24-,25-,26?,27?,28-,29+/m0/s1. The van der Waals surface area contributed by atoms with E-state index in [9.17, 15) is 55.5 Å². The molecular weight excluding hydrogens is 620 g/mol. The molecular formula is C29H32O17. The zero-order valence-corrected chi connectivity index (χ0v) is 23.9. The number of hydrogen-bond acceptors (Lipinski definition) is 17. The first-order valence-electron chi connectivity index (χ1n) is 13.9. The molecule has 17 heteroatoms. The number of ether oxygens (including phenoxy) is 5. The van der Waals surface area contributed by atoms with Gasteiger partial charge in [-0.05, 0) is 18.2 Å². The van der Waals surface area contributed by atoms with Crippen LogP contribution in [0.2, 0.25) is 0 Å². The number of carbonyl (C=O) groups excluding carboxylic acids is 1. The fraction of sp³-hybridized carbons (Fsp3) is 0.448. The van der Waals surface area contributed by atoms with E-state index in [1.165, 1.54) is 18.2 Å². The topological polar surface area (TPSA) is 276 Å². The van der Waals surface area contributed by atoms with Gasteiger partial charge in [-0.15, -0.1) is 0 Å². The molecule has 2 aromatic carbocycles. The van der Waals surface area contributed by atoms with Crippen molar-refractivity contribution in [3.05, 3.63) is 46.6 Å². The Bertz CT molecular complexity index is 1620. The van der Waals surface area contributed by atoms with Crippen molar-refractivity contribution in [1.82, 2.24) is 0 Å². The van der Waals surface area contributed by atoms with Crippen LogP contribution < -0.4 is 10.2 Å². The number of aliphatic hydroxyl groups is 6. The molecule has 4 unspecified atom stereocenters. The second-order valence-electron chi connectivity index (χ2n) is 10.7. The minimum absolute atomic E-state index is 0.0501. The van der Waals surface area contributed by atoms with Gasteiger partial charge in [-0.25, -0.2) is 0 Å². The molecule has 2 aliphatic rings. The molecule has 250 valence electrons. The Morgan fingerprint density at radius 3 is 2.17 bits per heavy atom. The van der Waals surface area contributed by atoms with Crippen LogP contribution >= 0.6 is 0 Å². The van der Waals surface area contributed by atoms with Crippen molar-refractivity contribution >= 4 is 16.9 Å². The van der Waals surface area contributed by atoms with E-state index < -0.39 is 103 Å². The Hall–Kier alpha value is -4.04. The van der Waals surface area contributed by atoms with Crippen molar-refractivity contribution in [2.24, 2.45) is 0 Å². The first-order valence-corrected chi connectivity index (χ1v) is 13.9. The summed E-state index contributed by atoms with van der Waals surface area (Å²) in [4.78, 5) is 24.1. The fourth-order valence-corrected chi connectivity index (χ4v) is 5.08. The largest absolute Gasteiger partial charge is 0.507 e. The highest BCUT2D eigenvalue weighted by Gasteiger charge is 2.51. The highest BCUT2D eigenvalue weighted by molar-refractivity contribution is 5.86. The van der Waals surface area contributed by atoms with Gasteiger partial charge in [-0.2, -0.15) is 0 Å². The monoisotopic (exact) mass is 652 g/mol. The van der Waals surface area contributed by atoms with Gasteiger partial charge in [0.2, 0.25) is 6.29 Å². The molecule has 2 aliphatic heterocycles. The van der Waals surface area contributed by atoms with Crippen molar-refractivity contribution < 1.29 is 78.9 Å². The lowest BCUT2D eigenvalue weighted by molar-refractivity contribution is -0.358. The van der Waals surface area contributed by atoms with Gasteiger partial charge in [0, 0.05) is 30.7 Å². The van der Waals surface area contributed by atoms with Crippen molar-refractivity contribution in [1.29, 1.82) is 0 Å². The van der Waals surface area contributed by atoms with E-state index >= 15 is 0 Å². The summed E-state index contributed by atoms with van der Waals surface area (Å²) in [6, 6.07) is 6.93. The van der Waals surface area contributed by atoms with Gasteiger partial charge in [0.1, 0.15) is 77.6 Å². The summed E-state index contributed by atoms with van der Waals surface area (Å²) in [7, 11) is 0. The van der Waals surface area contributed by atoms with Gasteiger partial charge < -0.3 is 74.1 Å². The normalized spacial score (nSPS) is 31.5. The molecule has 0 saturated carbocycles. The molecule has 0 amide bonds. The number of aromatic hydroxyl groups is 3. The van der Waals surface area contributed by atoms with Gasteiger partial charge in [0.15, 0.2) is 29.3 Å². The van der Waals surface area contributed by atoms with Crippen LogP contribution in [-0.2, 0) is 23.7 Å². The van der Waals surface area contributed by atoms with Gasteiger partial charge in [0.25, 0.3) is 0 Å². The quantitative estimate of drug-likeness (QED) is 0.0954. The summed E-state index contributed by atoms with van der Waals surface area (Å²) in [5.74, 6) is -2.48. The Labute approximate surface area is 258 Å². The van der Waals surface area contributed by atoms with E-state index in [4.69, 9.17) is 28.1 Å². The zero-order valence-electron chi connectivity index (χ0n) is 23.9. The first kappa shape index (κ1) is 33.3. The third-order valence-electron chi connectivity index (χ3n) is 7.53. The number of fused-ring (bicyclic) bond motifs is 1. The average molecular weight is 653 g/mol. The molecule has 0 radical (unpaired) electrons. The molecule has 2 fully saturated rings. The molecule has 0 spiro atoms. The molecule has 10 atom stereocenters. The number of aliphatic hydroxyl groups excluding tert-OH is 6. The number of hydrogen-bond donors (Lipinski definition) is 9. The number of phenolic OH excluding ortho intramolecular Hbond substituents is 3. The van der Waals surface area contributed by atoms with Crippen LogP contribution in [0.1, 0.15) is 6.92 Å². The average Bonchev–Trinajstić information content (AvgIpc) is 3.00. The number of carbonyl (C=O) groups is 1. The maximum atomic E-state index is 12.9. The predicted molar refractivity (Wildman–Crippen MR) is 149 cm³/mol. The second kappa shape index (κ2) is 13.4. The van der Waals surface area contributed by atoms with Crippen molar-refractivity contribution in [2.45, 2.75) is 68.3 Å². The van der Waals surface area contributed by atoms with E-state index in [1.54, 1.807) is 0 Å². The van der Waals surface area contributed by atoms with Crippen LogP contribution in [0.3, 0.4) is 0 Å². The summed E-state index contributed by atoms with van der Waals surface area (Å²) in [6.45, 7) is -0.227. The highest BCUT2D eigenvalue weighted by atomic mass is 16.8. The lowest BCUT2D eigenvalue weighted by Crippen LogP contribution is -2.65. The van der Waals surface area contributed by atoms with Crippen LogP contribution in [0.15, 0.2) is 45.6 Å². The first-order chi connectivity index (χ1) is 21.8. The van der Waals surface area contributed by atoms with Crippen LogP contribution in [0, 0.1) is 0 Å². The molecule has 0 bridgehead atoms. The maximum Gasteiger partial charge on any atom is 0.302 e. The van der Waals surface area contributed by atoms with Crippen molar-refractivity contribution in [2.75, 3.05) is 13.2 Å². The summed E-state index contributed by atoms with van der Waals surface area (Å²) >= 11 is 0. The van der Waals surface area contributed by atoms with Crippen LogP contribution in [-0.4, -0.2) is 127 Å². The molecule has 2 saturated heterocycles. The molecule has 3 aromatic rings. The minimum Gasteiger partial charge on any atom is -0.507 e. The number of benzene rings is 2. The zero-order chi connectivity index (χ0) is 33.4. The number of phenols is 3. The lowest BCUT2D eigenvalue weighted by atomic mass is 9.97. The Kier molecular flexibility index (Phi) is 9.68. The minimum atomic E-state index is -1.92. The van der Waals surface area contributed by atoms with Crippen LogP contribution in [0.4, 0.5) is 0 Å². The SMILES string of the molecule is CC(=O)OCC1O[C@@H](OC2[C@H](Oc3cc(O)c4c(=O)cc(-c5ccc(O)c(O)c5)oc4c3)OC(CO)[C@H](O)[C@@H]2O)C(O)[C@@H](O)[C@@H]1O. The second-order valence-corrected chi connectivity index (χ2v) is 10.7. The molecule has 0 aliphatic carbocycles. The lowest BCUT2D eigenvalue weighted by Gasteiger charge is -2.45. The fourth-order valence-electron chi connectivity index (χ4n) is 5.08. The van der Waals surface area contributed by atoms with E-state index in [0.717, 1.165) is 25.1 Å². The molecule has 46 heavy (non-hydrogen) atoms. The Morgan fingerprint density at radius 1 is 0.804 bits per heavy atom. The third kappa shape index (κ3) is 6.59. The Morgan fingerprint density at radius 2 is 1.50 bits per heavy atom. The molecule has 3 heterocycles. The smallest absolute Gasteiger partial charge is 0.302 e. The summed E-state index contributed by atoms with van der Waals surface area (Å²) in [5, 5.41) is 92.3. The van der Waals surface area contributed by atoms with Gasteiger partial charge in [0.05, 0.1) is 6.61 Å². The Balaban J connectivity index is 1.46. The summed E-state index contributed by atoms with van der Waals surface area (Å²) < 4.78 is 33.2. The van der Waals surface area contributed by atoms with Gasteiger partial charge in [-0.3, -0.25) is 9.59 Å². The highest BCUT2D eigenvalue weighted by Crippen LogP contribution is 2.36. The molecule has 9 N–H and O–H groups in total. The van der Waals surface area contributed by atoms with E-state index in [1.807, 2.05) is 0 Å². The molecule has 17 nitrogen and oxygen atoms in total. The molecule has 1 aromatic heterocycles. The number of esters is 1. The van der Waals surface area contributed by atoms with Gasteiger partial charge in [-0.1, -0.05) is 0 Å². The third-order valence-corrected chi connectivity index (χ3v) is 7.53. The van der Waals surface area contributed by atoms with Crippen LogP contribution in [0.5, 0.6) is 23.0 Å². The summed E-state index contributed by atoms with van der Waals surface area (Å²) in [5.41, 5.74) is -0.666. The van der Waals surface area contributed by atoms with Crippen molar-refractivity contribution in [3.8, 4) is 34.3 Å². The van der Waals surface area contributed by atoms with E-state index in [-0.39, 0.29) is 28.0 Å². The van der Waals surface area contributed by atoms with E-state index in [0.29, 0.717) is 0 Å². The summed E-state index contributed by atoms with van der Waals surface area (Å²) in [6.07, 6.45) is -17.2. The predicted octanol–water partition coefficient (Wildman–Crippen LogP) is -1.85. The van der Waals surface area contributed by atoms with Crippen LogP contribution in [0.25, 0.3) is 22.3 Å². The van der Waals surface area contributed by atoms with Crippen molar-refractivity contribution in [3.63, 3.8) is 0 Å². The number of rotatable bonds is 8. The van der Waals surface area contributed by atoms with Gasteiger partial charge >= 0.3 is 5.97 Å². The maximum absolute atomic E-state index is 12.9. The van der Waals surface area contributed by atoms with E-state index in [2.05, 4.69) is 0 Å². The molecule has 5 rings (SSSR count).